The summed E-state index contributed by atoms with van der Waals surface area (Å²) in [6, 6.07) is 8.06. The summed E-state index contributed by atoms with van der Waals surface area (Å²) < 4.78 is 11.0. The minimum absolute atomic E-state index is 0.0201. The van der Waals surface area contributed by atoms with Crippen LogP contribution in [0, 0.1) is 0 Å². The second kappa shape index (κ2) is 3.19. The molecule has 16 heavy (non-hydrogen) atoms. The summed E-state index contributed by atoms with van der Waals surface area (Å²) in [6.07, 6.45) is 4.03. The van der Waals surface area contributed by atoms with Gasteiger partial charge < -0.3 is 9.47 Å². The Morgan fingerprint density at radius 3 is 3.12 bits per heavy atom. The zero-order chi connectivity index (χ0) is 11.2. The summed E-state index contributed by atoms with van der Waals surface area (Å²) in [5.74, 6) is -0.279. The Labute approximate surface area is 93.7 Å². The lowest BCUT2D eigenvalue weighted by Gasteiger charge is -2.23. The van der Waals surface area contributed by atoms with Crippen LogP contribution in [0.1, 0.15) is 24.2 Å². The van der Waals surface area contributed by atoms with Gasteiger partial charge >= 0.3 is 5.97 Å². The molecule has 2 atom stereocenters. The van der Waals surface area contributed by atoms with E-state index >= 15 is 0 Å². The van der Waals surface area contributed by atoms with Gasteiger partial charge in [-0.1, -0.05) is 30.3 Å². The Hall–Kier alpha value is -1.61. The van der Waals surface area contributed by atoms with Crippen molar-refractivity contribution < 1.29 is 14.3 Å². The number of hydrogen-bond donors (Lipinski definition) is 0. The molecule has 0 unspecified atom stereocenters. The van der Waals surface area contributed by atoms with Gasteiger partial charge in [-0.05, 0) is 17.2 Å². The van der Waals surface area contributed by atoms with Gasteiger partial charge in [0.25, 0.3) is 0 Å². The van der Waals surface area contributed by atoms with E-state index < -0.39 is 5.60 Å². The van der Waals surface area contributed by atoms with E-state index in [-0.39, 0.29) is 18.7 Å². The molecule has 2 heterocycles. The van der Waals surface area contributed by atoms with Gasteiger partial charge in [0.15, 0.2) is 0 Å². The first-order valence-corrected chi connectivity index (χ1v) is 5.31. The highest BCUT2D eigenvalue weighted by molar-refractivity contribution is 5.66. The molecule has 3 heteroatoms. The summed E-state index contributed by atoms with van der Waals surface area (Å²) in [6.45, 7) is 1.67. The monoisotopic (exact) mass is 216 g/mol. The molecule has 2 aliphatic rings. The van der Waals surface area contributed by atoms with Crippen LogP contribution in [0.25, 0.3) is 0 Å². The van der Waals surface area contributed by atoms with Gasteiger partial charge in [-0.3, -0.25) is 4.79 Å². The third kappa shape index (κ3) is 1.21. The second-order valence-corrected chi connectivity index (χ2v) is 4.15. The van der Waals surface area contributed by atoms with E-state index in [1.54, 1.807) is 0 Å². The lowest BCUT2D eigenvalue weighted by molar-refractivity contribution is -0.149. The van der Waals surface area contributed by atoms with Crippen molar-refractivity contribution in [2.45, 2.75) is 18.6 Å². The predicted molar refractivity (Wildman–Crippen MR) is 57.7 cm³/mol. The first-order chi connectivity index (χ1) is 7.71. The number of rotatable bonds is 2. The van der Waals surface area contributed by atoms with Crippen molar-refractivity contribution in [3.05, 3.63) is 47.5 Å². The average molecular weight is 216 g/mol. The summed E-state index contributed by atoms with van der Waals surface area (Å²) in [5.41, 5.74) is 1.74. The fourth-order valence-corrected chi connectivity index (χ4v) is 2.37. The van der Waals surface area contributed by atoms with Crippen molar-refractivity contribution in [1.82, 2.24) is 0 Å². The highest BCUT2D eigenvalue weighted by atomic mass is 16.6. The topological polar surface area (TPSA) is 35.5 Å². The molecule has 0 amide bonds. The van der Waals surface area contributed by atoms with Crippen LogP contribution in [0.4, 0.5) is 0 Å². The smallest absolute Gasteiger partial charge is 0.302 e. The van der Waals surface area contributed by atoms with E-state index in [2.05, 4.69) is 6.07 Å². The molecule has 0 aromatic heterocycles. The van der Waals surface area contributed by atoms with E-state index in [0.717, 1.165) is 5.56 Å². The number of ether oxygens (including phenoxy) is 2. The number of benzene rings is 1. The fourth-order valence-electron chi connectivity index (χ4n) is 2.37. The summed E-state index contributed by atoms with van der Waals surface area (Å²) in [4.78, 5) is 10.9. The highest BCUT2D eigenvalue weighted by Gasteiger charge is 2.47. The average Bonchev–Trinajstić information content (AvgIpc) is 2.84. The van der Waals surface area contributed by atoms with E-state index in [4.69, 9.17) is 9.47 Å². The lowest BCUT2D eigenvalue weighted by atomic mass is 9.88. The highest BCUT2D eigenvalue weighted by Crippen LogP contribution is 2.50. The number of fused-ring (bicyclic) bond motifs is 5. The molecule has 82 valence electrons. The number of carbonyl (C=O) groups excluding carboxylic acids is 1. The van der Waals surface area contributed by atoms with Crippen LogP contribution < -0.4 is 0 Å². The van der Waals surface area contributed by atoms with Crippen LogP contribution in [0.5, 0.6) is 0 Å². The first-order valence-electron chi connectivity index (χ1n) is 5.31. The maximum atomic E-state index is 10.9. The lowest BCUT2D eigenvalue weighted by Crippen LogP contribution is -2.28. The van der Waals surface area contributed by atoms with Gasteiger partial charge in [0.2, 0.25) is 0 Å². The van der Waals surface area contributed by atoms with Gasteiger partial charge in [0.05, 0.1) is 0 Å². The van der Waals surface area contributed by atoms with Crippen molar-refractivity contribution in [1.29, 1.82) is 0 Å². The largest absolute Gasteiger partial charge is 0.462 e. The van der Waals surface area contributed by atoms with Crippen molar-refractivity contribution in [2.75, 3.05) is 6.61 Å². The Morgan fingerprint density at radius 2 is 2.31 bits per heavy atom. The van der Waals surface area contributed by atoms with Crippen LogP contribution in [0.2, 0.25) is 0 Å². The Morgan fingerprint density at radius 1 is 1.50 bits per heavy atom. The SMILES string of the molecule is CC(=O)OC[C@@]12C=C[C@@H](O1)c1ccccc12. The van der Waals surface area contributed by atoms with E-state index in [0.29, 0.717) is 0 Å². The molecule has 2 bridgehead atoms. The standard InChI is InChI=1S/C13H12O3/c1-9(14)15-8-13-7-6-12(16-13)10-4-2-3-5-11(10)13/h2-7,12H,8H2,1H3/t12-,13-/m1/s1. The van der Waals surface area contributed by atoms with Crippen molar-refractivity contribution in [3.63, 3.8) is 0 Å². The predicted octanol–water partition coefficient (Wildman–Crippen LogP) is 2.09. The van der Waals surface area contributed by atoms with E-state index in [1.807, 2.05) is 30.4 Å². The molecule has 0 saturated carbocycles. The Balaban J connectivity index is 1.97. The zero-order valence-corrected chi connectivity index (χ0v) is 8.97. The van der Waals surface area contributed by atoms with Gasteiger partial charge in [0.1, 0.15) is 18.3 Å². The van der Waals surface area contributed by atoms with Gasteiger partial charge in [-0.25, -0.2) is 0 Å². The van der Waals surface area contributed by atoms with E-state index in [1.165, 1.54) is 12.5 Å². The molecule has 3 nitrogen and oxygen atoms in total. The molecular formula is C13H12O3. The maximum Gasteiger partial charge on any atom is 0.302 e. The molecular weight excluding hydrogens is 204 g/mol. The van der Waals surface area contributed by atoms with Gasteiger partial charge in [-0.15, -0.1) is 0 Å². The van der Waals surface area contributed by atoms with Crippen molar-refractivity contribution in [3.8, 4) is 0 Å². The van der Waals surface area contributed by atoms with Crippen LogP contribution in [-0.2, 0) is 19.9 Å². The quantitative estimate of drug-likeness (QED) is 0.561. The number of esters is 1. The van der Waals surface area contributed by atoms with Crippen LogP contribution >= 0.6 is 0 Å². The molecule has 0 fully saturated rings. The fraction of sp³-hybridized carbons (Fsp3) is 0.308. The Kier molecular flexibility index (Phi) is 1.91. The molecule has 3 rings (SSSR count). The van der Waals surface area contributed by atoms with E-state index in [9.17, 15) is 4.79 Å². The molecule has 2 aliphatic heterocycles. The van der Waals surface area contributed by atoms with Crippen LogP contribution in [0.3, 0.4) is 0 Å². The minimum atomic E-state index is -0.549. The molecule has 0 aliphatic carbocycles. The summed E-state index contributed by atoms with van der Waals surface area (Å²) in [7, 11) is 0. The summed E-state index contributed by atoms with van der Waals surface area (Å²) >= 11 is 0. The zero-order valence-electron chi connectivity index (χ0n) is 8.97. The molecule has 1 aromatic rings. The van der Waals surface area contributed by atoms with Gasteiger partial charge in [0, 0.05) is 6.92 Å². The van der Waals surface area contributed by atoms with Crippen molar-refractivity contribution in [2.24, 2.45) is 0 Å². The first kappa shape index (κ1) is 9.60. The normalized spacial score (nSPS) is 29.2. The molecule has 1 aromatic carbocycles. The molecule has 0 saturated heterocycles. The maximum absolute atomic E-state index is 10.9. The third-order valence-electron chi connectivity index (χ3n) is 3.09. The molecule has 0 radical (unpaired) electrons. The molecule has 0 spiro atoms. The minimum Gasteiger partial charge on any atom is -0.462 e. The number of carbonyl (C=O) groups is 1. The molecule has 0 N–H and O–H groups in total. The van der Waals surface area contributed by atoms with Gasteiger partial charge in [-0.2, -0.15) is 0 Å². The Bertz CT molecular complexity index is 478. The van der Waals surface area contributed by atoms with Crippen LogP contribution in [-0.4, -0.2) is 12.6 Å². The number of hydrogen-bond acceptors (Lipinski definition) is 3. The van der Waals surface area contributed by atoms with Crippen LogP contribution in [0.15, 0.2) is 36.4 Å². The third-order valence-corrected chi connectivity index (χ3v) is 3.09. The van der Waals surface area contributed by atoms with Crippen molar-refractivity contribution >= 4 is 5.97 Å². The summed E-state index contributed by atoms with van der Waals surface area (Å²) in [5, 5.41) is 0. The second-order valence-electron chi connectivity index (χ2n) is 4.15.